The Hall–Kier alpha value is -1.56. The molecule has 0 bridgehead atoms. The summed E-state index contributed by atoms with van der Waals surface area (Å²) in [7, 11) is 0. The summed E-state index contributed by atoms with van der Waals surface area (Å²) in [6.45, 7) is 9.33. The molecule has 1 aliphatic carbocycles. The van der Waals surface area contributed by atoms with Gasteiger partial charge < -0.3 is 0 Å². The predicted octanol–water partition coefficient (Wildman–Crippen LogP) is 7.81. The molecule has 0 nitrogen and oxygen atoms in total. The molecule has 0 aliphatic heterocycles. The van der Waals surface area contributed by atoms with Gasteiger partial charge in [-0.05, 0) is 97.9 Å². The lowest BCUT2D eigenvalue weighted by Crippen LogP contribution is -2.05. The summed E-state index contributed by atoms with van der Waals surface area (Å²) in [6, 6.07) is 9.21. The summed E-state index contributed by atoms with van der Waals surface area (Å²) >= 11 is 0. The van der Waals surface area contributed by atoms with Gasteiger partial charge in [-0.1, -0.05) is 62.8 Å². The minimum Gasteiger partial charge on any atom is -0.0620 e. The Bertz CT molecular complexity index is 751. The molecule has 0 amide bonds. The molecule has 0 N–H and O–H groups in total. The van der Waals surface area contributed by atoms with Crippen molar-refractivity contribution in [1.82, 2.24) is 0 Å². The zero-order valence-corrected chi connectivity index (χ0v) is 17.4. The van der Waals surface area contributed by atoms with Crippen molar-refractivity contribution < 1.29 is 0 Å². The fourth-order valence-electron chi connectivity index (χ4n) is 4.73. The lowest BCUT2D eigenvalue weighted by atomic mass is 9.81. The molecule has 2 aromatic carbocycles. The third-order valence-corrected chi connectivity index (χ3v) is 6.73. The van der Waals surface area contributed by atoms with Crippen molar-refractivity contribution in [3.05, 3.63) is 57.6 Å². The van der Waals surface area contributed by atoms with E-state index in [9.17, 15) is 0 Å². The van der Waals surface area contributed by atoms with Crippen molar-refractivity contribution in [2.75, 3.05) is 0 Å². The van der Waals surface area contributed by atoms with E-state index >= 15 is 0 Å². The first-order valence-corrected chi connectivity index (χ1v) is 10.8. The van der Waals surface area contributed by atoms with Gasteiger partial charge in [0.1, 0.15) is 0 Å². The highest BCUT2D eigenvalue weighted by Gasteiger charge is 2.18. The highest BCUT2D eigenvalue weighted by atomic mass is 14.2. The van der Waals surface area contributed by atoms with Gasteiger partial charge in [0.25, 0.3) is 0 Å². The molecule has 0 heteroatoms. The van der Waals surface area contributed by atoms with Gasteiger partial charge in [-0.3, -0.25) is 0 Å². The van der Waals surface area contributed by atoms with Gasteiger partial charge in [0.15, 0.2) is 0 Å². The van der Waals surface area contributed by atoms with Crippen LogP contribution < -0.4 is 0 Å². The second-order valence-electron chi connectivity index (χ2n) is 8.34. The Labute approximate surface area is 161 Å². The van der Waals surface area contributed by atoms with Crippen LogP contribution in [0.15, 0.2) is 24.3 Å². The van der Waals surface area contributed by atoms with Crippen LogP contribution in [0.2, 0.25) is 0 Å². The lowest BCUT2D eigenvalue weighted by molar-refractivity contribution is 0.566. The van der Waals surface area contributed by atoms with Crippen LogP contribution in [-0.2, 0) is 12.8 Å². The first-order valence-electron chi connectivity index (χ1n) is 10.8. The largest absolute Gasteiger partial charge is 0.0620 e. The van der Waals surface area contributed by atoms with Gasteiger partial charge in [-0.2, -0.15) is 0 Å². The van der Waals surface area contributed by atoms with Gasteiger partial charge in [0, 0.05) is 0 Å². The maximum atomic E-state index is 2.38. The van der Waals surface area contributed by atoms with Gasteiger partial charge in [0.2, 0.25) is 0 Å². The Morgan fingerprint density at radius 1 is 0.538 bits per heavy atom. The molecule has 0 saturated heterocycles. The second-order valence-corrected chi connectivity index (χ2v) is 8.34. The number of aryl methyl sites for hydroxylation is 1. The summed E-state index contributed by atoms with van der Waals surface area (Å²) in [6.07, 6.45) is 13.6. The van der Waals surface area contributed by atoms with Crippen LogP contribution >= 0.6 is 0 Å². The number of hydrogen-bond donors (Lipinski definition) is 0. The van der Waals surface area contributed by atoms with E-state index < -0.39 is 0 Å². The van der Waals surface area contributed by atoms with E-state index in [1.54, 1.807) is 16.7 Å². The summed E-state index contributed by atoms with van der Waals surface area (Å²) in [5, 5.41) is 0. The molecule has 0 fully saturated rings. The van der Waals surface area contributed by atoms with Gasteiger partial charge in [-0.15, -0.1) is 0 Å². The molecule has 3 rings (SSSR count). The molecule has 1 aliphatic rings. The highest BCUT2D eigenvalue weighted by Crippen LogP contribution is 2.37. The van der Waals surface area contributed by atoms with E-state index in [1.807, 2.05) is 0 Å². The Balaban J connectivity index is 2.13. The maximum absolute atomic E-state index is 2.38. The molecule has 0 radical (unpaired) electrons. The fraction of sp³-hybridized carbons (Fsp3) is 0.538. The molecule has 0 heterocycles. The average molecular weight is 349 g/mol. The summed E-state index contributed by atoms with van der Waals surface area (Å²) in [5.74, 6) is 0. The van der Waals surface area contributed by atoms with Crippen molar-refractivity contribution in [2.45, 2.75) is 91.9 Å². The predicted molar refractivity (Wildman–Crippen MR) is 115 cm³/mol. The normalized spacial score (nSPS) is 16.5. The molecule has 0 aromatic heterocycles. The van der Waals surface area contributed by atoms with Gasteiger partial charge >= 0.3 is 0 Å². The SMILES string of the molecule is Cc1c(C)c(C)c2c(c1C)CCCCCCCCCCc1ccccc1-2. The maximum Gasteiger partial charge on any atom is -0.0114 e. The highest BCUT2D eigenvalue weighted by molar-refractivity contribution is 5.77. The molecule has 140 valence electrons. The van der Waals surface area contributed by atoms with E-state index in [0.717, 1.165) is 0 Å². The second kappa shape index (κ2) is 8.89. The van der Waals surface area contributed by atoms with Crippen molar-refractivity contribution >= 4 is 0 Å². The van der Waals surface area contributed by atoms with Crippen LogP contribution in [0, 0.1) is 27.7 Å². The van der Waals surface area contributed by atoms with Crippen molar-refractivity contribution in [2.24, 2.45) is 0 Å². The first-order chi connectivity index (χ1) is 12.6. The smallest absolute Gasteiger partial charge is 0.0114 e. The number of hydrogen-bond acceptors (Lipinski definition) is 0. The Morgan fingerprint density at radius 2 is 1.08 bits per heavy atom. The lowest BCUT2D eigenvalue weighted by Gasteiger charge is -2.23. The van der Waals surface area contributed by atoms with E-state index in [1.165, 1.54) is 92.0 Å². The number of fused-ring (bicyclic) bond motifs is 3. The minimum absolute atomic E-state index is 1.22. The average Bonchev–Trinajstić information content (AvgIpc) is 2.65. The Kier molecular flexibility index (Phi) is 6.57. The monoisotopic (exact) mass is 348 g/mol. The molecule has 0 unspecified atom stereocenters. The Morgan fingerprint density at radius 3 is 1.77 bits per heavy atom. The van der Waals surface area contributed by atoms with Crippen LogP contribution in [0.1, 0.15) is 84.7 Å². The first kappa shape index (κ1) is 19.2. The van der Waals surface area contributed by atoms with Gasteiger partial charge in [-0.25, -0.2) is 0 Å². The van der Waals surface area contributed by atoms with Crippen LogP contribution in [0.3, 0.4) is 0 Å². The zero-order valence-electron chi connectivity index (χ0n) is 17.4. The zero-order chi connectivity index (χ0) is 18.5. The standard InChI is InChI=1S/C26H36/c1-19-20(2)22(4)26-24(21(19)3)17-12-10-8-6-5-7-9-11-15-23-16-13-14-18-25(23)26/h13-14,16,18H,5-12,15,17H2,1-4H3. The van der Waals surface area contributed by atoms with E-state index in [2.05, 4.69) is 52.0 Å². The fourth-order valence-corrected chi connectivity index (χ4v) is 4.73. The van der Waals surface area contributed by atoms with Crippen LogP contribution in [0.25, 0.3) is 11.1 Å². The van der Waals surface area contributed by atoms with Crippen molar-refractivity contribution in [3.63, 3.8) is 0 Å². The molecular weight excluding hydrogens is 312 g/mol. The van der Waals surface area contributed by atoms with Crippen molar-refractivity contribution in [1.29, 1.82) is 0 Å². The minimum atomic E-state index is 1.22. The van der Waals surface area contributed by atoms with Crippen LogP contribution in [0.5, 0.6) is 0 Å². The molecule has 26 heavy (non-hydrogen) atoms. The van der Waals surface area contributed by atoms with E-state index in [-0.39, 0.29) is 0 Å². The molecule has 0 saturated carbocycles. The third kappa shape index (κ3) is 4.05. The molecular formula is C26H36. The number of rotatable bonds is 0. The van der Waals surface area contributed by atoms with Crippen LogP contribution in [-0.4, -0.2) is 0 Å². The topological polar surface area (TPSA) is 0 Å². The molecule has 0 spiro atoms. The number of benzene rings is 2. The quantitative estimate of drug-likeness (QED) is 0.455. The third-order valence-electron chi connectivity index (χ3n) is 6.73. The summed E-state index contributed by atoms with van der Waals surface area (Å²) < 4.78 is 0. The van der Waals surface area contributed by atoms with Crippen LogP contribution in [0.4, 0.5) is 0 Å². The summed E-state index contributed by atoms with van der Waals surface area (Å²) in [5.41, 5.74) is 12.2. The van der Waals surface area contributed by atoms with E-state index in [0.29, 0.717) is 0 Å². The molecule has 0 atom stereocenters. The van der Waals surface area contributed by atoms with Gasteiger partial charge in [0.05, 0.1) is 0 Å². The summed E-state index contributed by atoms with van der Waals surface area (Å²) in [4.78, 5) is 0. The van der Waals surface area contributed by atoms with E-state index in [4.69, 9.17) is 0 Å². The molecule has 2 aromatic rings. The van der Waals surface area contributed by atoms with Crippen molar-refractivity contribution in [3.8, 4) is 11.1 Å².